The number of aryl methyl sites for hydroxylation is 1. The van der Waals surface area contributed by atoms with Crippen LogP contribution in [0.25, 0.3) is 10.9 Å². The van der Waals surface area contributed by atoms with Gasteiger partial charge in [0.15, 0.2) is 11.6 Å². The minimum absolute atomic E-state index is 0.423. The van der Waals surface area contributed by atoms with Crippen molar-refractivity contribution in [1.82, 2.24) is 9.97 Å². The van der Waals surface area contributed by atoms with E-state index >= 15 is 0 Å². The molecule has 1 heterocycles. The van der Waals surface area contributed by atoms with Gasteiger partial charge in [-0.15, -0.1) is 0 Å². The van der Waals surface area contributed by atoms with E-state index in [-0.39, 0.29) is 0 Å². The molecule has 1 aromatic heterocycles. The highest BCUT2D eigenvalue weighted by atomic mass is 19.2. The van der Waals surface area contributed by atoms with E-state index < -0.39 is 11.6 Å². The standard InChI is InChI=1S/C9H6F2N2/c1-5-6-2-7(10)8(11)3-9(6)13-4-12-5/h2-4H,1H3. The van der Waals surface area contributed by atoms with Crippen LogP contribution in [0.3, 0.4) is 0 Å². The van der Waals surface area contributed by atoms with Crippen molar-refractivity contribution in [1.29, 1.82) is 0 Å². The first-order valence-corrected chi connectivity index (χ1v) is 3.75. The molecule has 0 unspecified atom stereocenters. The summed E-state index contributed by atoms with van der Waals surface area (Å²) >= 11 is 0. The third kappa shape index (κ3) is 1.24. The molecule has 0 amide bonds. The molecule has 0 N–H and O–H groups in total. The maximum atomic E-state index is 12.8. The normalized spacial score (nSPS) is 10.7. The summed E-state index contributed by atoms with van der Waals surface area (Å²) in [5.74, 6) is -1.75. The zero-order chi connectivity index (χ0) is 9.42. The fourth-order valence-corrected chi connectivity index (χ4v) is 1.18. The molecule has 0 radical (unpaired) electrons. The monoisotopic (exact) mass is 180 g/mol. The van der Waals surface area contributed by atoms with Gasteiger partial charge in [0.05, 0.1) is 5.52 Å². The Morgan fingerprint density at radius 2 is 1.77 bits per heavy atom. The molecule has 2 aromatic rings. The van der Waals surface area contributed by atoms with Crippen molar-refractivity contribution in [3.8, 4) is 0 Å². The number of rotatable bonds is 0. The van der Waals surface area contributed by atoms with Crippen molar-refractivity contribution >= 4 is 10.9 Å². The van der Waals surface area contributed by atoms with Crippen LogP contribution in [0.5, 0.6) is 0 Å². The minimum atomic E-state index is -0.884. The molecule has 0 fully saturated rings. The minimum Gasteiger partial charge on any atom is -0.241 e. The molecule has 4 heteroatoms. The fraction of sp³-hybridized carbons (Fsp3) is 0.111. The van der Waals surface area contributed by atoms with Gasteiger partial charge in [0.2, 0.25) is 0 Å². The van der Waals surface area contributed by atoms with E-state index in [4.69, 9.17) is 0 Å². The summed E-state index contributed by atoms with van der Waals surface area (Å²) in [5.41, 5.74) is 1.07. The summed E-state index contributed by atoms with van der Waals surface area (Å²) in [6.45, 7) is 1.72. The number of halogens is 2. The average Bonchev–Trinajstić information content (AvgIpc) is 2.09. The second-order valence-corrected chi connectivity index (χ2v) is 2.74. The summed E-state index contributed by atoms with van der Waals surface area (Å²) in [5, 5.41) is 0.543. The first kappa shape index (κ1) is 8.04. The van der Waals surface area contributed by atoms with Crippen LogP contribution in [-0.4, -0.2) is 9.97 Å². The van der Waals surface area contributed by atoms with Gasteiger partial charge in [-0.1, -0.05) is 0 Å². The highest BCUT2D eigenvalue weighted by molar-refractivity contribution is 5.80. The molecule has 2 nitrogen and oxygen atoms in total. The first-order chi connectivity index (χ1) is 6.18. The Labute approximate surface area is 73.2 Å². The zero-order valence-electron chi connectivity index (χ0n) is 6.88. The molecule has 0 spiro atoms. The van der Waals surface area contributed by atoms with E-state index in [1.165, 1.54) is 6.33 Å². The molecule has 13 heavy (non-hydrogen) atoms. The topological polar surface area (TPSA) is 25.8 Å². The van der Waals surface area contributed by atoms with Crippen LogP contribution in [0.1, 0.15) is 5.69 Å². The number of hydrogen-bond acceptors (Lipinski definition) is 2. The Morgan fingerprint density at radius 1 is 1.08 bits per heavy atom. The second-order valence-electron chi connectivity index (χ2n) is 2.74. The molecule has 2 rings (SSSR count). The number of hydrogen-bond donors (Lipinski definition) is 0. The highest BCUT2D eigenvalue weighted by Gasteiger charge is 2.06. The lowest BCUT2D eigenvalue weighted by molar-refractivity contribution is 0.510. The van der Waals surface area contributed by atoms with Crippen LogP contribution in [-0.2, 0) is 0 Å². The van der Waals surface area contributed by atoms with Crippen LogP contribution in [0, 0.1) is 18.6 Å². The summed E-state index contributed by atoms with van der Waals surface area (Å²) in [4.78, 5) is 7.70. The SMILES string of the molecule is Cc1ncnc2cc(F)c(F)cc12. The molecule has 0 bridgehead atoms. The van der Waals surface area contributed by atoms with Crippen LogP contribution in [0.2, 0.25) is 0 Å². The van der Waals surface area contributed by atoms with Crippen molar-refractivity contribution in [3.05, 3.63) is 35.8 Å². The lowest BCUT2D eigenvalue weighted by atomic mass is 10.2. The Morgan fingerprint density at radius 3 is 2.54 bits per heavy atom. The van der Waals surface area contributed by atoms with Gasteiger partial charge in [-0.05, 0) is 13.0 Å². The van der Waals surface area contributed by atoms with E-state index in [2.05, 4.69) is 9.97 Å². The summed E-state index contributed by atoms with van der Waals surface area (Å²) in [6, 6.07) is 2.18. The Bertz CT molecular complexity index is 468. The molecular formula is C9H6F2N2. The van der Waals surface area contributed by atoms with Gasteiger partial charge >= 0.3 is 0 Å². The van der Waals surface area contributed by atoms with Crippen LogP contribution >= 0.6 is 0 Å². The number of aromatic nitrogens is 2. The van der Waals surface area contributed by atoms with Crippen molar-refractivity contribution in [3.63, 3.8) is 0 Å². The van der Waals surface area contributed by atoms with E-state index in [0.717, 1.165) is 12.1 Å². The quantitative estimate of drug-likeness (QED) is 0.621. The van der Waals surface area contributed by atoms with E-state index in [1.807, 2.05) is 0 Å². The van der Waals surface area contributed by atoms with Crippen molar-refractivity contribution in [2.75, 3.05) is 0 Å². The van der Waals surface area contributed by atoms with E-state index in [0.29, 0.717) is 16.6 Å². The van der Waals surface area contributed by atoms with Crippen LogP contribution in [0.4, 0.5) is 8.78 Å². The lowest BCUT2D eigenvalue weighted by Gasteiger charge is -2.00. The summed E-state index contributed by atoms with van der Waals surface area (Å²) in [6.07, 6.45) is 1.33. The van der Waals surface area contributed by atoms with Gasteiger partial charge in [0.25, 0.3) is 0 Å². The molecule has 0 aliphatic carbocycles. The van der Waals surface area contributed by atoms with Crippen molar-refractivity contribution in [2.45, 2.75) is 6.92 Å². The maximum Gasteiger partial charge on any atom is 0.161 e. The second kappa shape index (κ2) is 2.73. The third-order valence-electron chi connectivity index (χ3n) is 1.88. The molecule has 0 atom stereocenters. The van der Waals surface area contributed by atoms with E-state index in [1.54, 1.807) is 6.92 Å². The smallest absolute Gasteiger partial charge is 0.161 e. The molecule has 1 aromatic carbocycles. The Balaban J connectivity index is 2.89. The number of benzene rings is 1. The number of fused-ring (bicyclic) bond motifs is 1. The molecule has 0 saturated carbocycles. The molecule has 0 saturated heterocycles. The number of nitrogens with zero attached hydrogens (tertiary/aromatic N) is 2. The van der Waals surface area contributed by atoms with Gasteiger partial charge in [-0.3, -0.25) is 0 Å². The lowest BCUT2D eigenvalue weighted by Crippen LogP contribution is -1.91. The first-order valence-electron chi connectivity index (χ1n) is 3.75. The molecular weight excluding hydrogens is 174 g/mol. The predicted molar refractivity (Wildman–Crippen MR) is 44.2 cm³/mol. The Hall–Kier alpha value is -1.58. The Kier molecular flexibility index (Phi) is 1.69. The predicted octanol–water partition coefficient (Wildman–Crippen LogP) is 2.22. The maximum absolute atomic E-state index is 12.8. The summed E-state index contributed by atoms with van der Waals surface area (Å²) < 4.78 is 25.5. The summed E-state index contributed by atoms with van der Waals surface area (Å²) in [7, 11) is 0. The molecule has 66 valence electrons. The van der Waals surface area contributed by atoms with Gasteiger partial charge in [-0.2, -0.15) is 0 Å². The fourth-order valence-electron chi connectivity index (χ4n) is 1.18. The molecule has 0 aliphatic heterocycles. The highest BCUT2D eigenvalue weighted by Crippen LogP contribution is 2.17. The van der Waals surface area contributed by atoms with Gasteiger partial charge in [0.1, 0.15) is 6.33 Å². The largest absolute Gasteiger partial charge is 0.241 e. The van der Waals surface area contributed by atoms with Crippen LogP contribution < -0.4 is 0 Å². The van der Waals surface area contributed by atoms with Gasteiger partial charge in [-0.25, -0.2) is 18.7 Å². The van der Waals surface area contributed by atoms with Crippen LogP contribution in [0.15, 0.2) is 18.5 Å². The average molecular weight is 180 g/mol. The van der Waals surface area contributed by atoms with Gasteiger partial charge in [0, 0.05) is 17.1 Å². The van der Waals surface area contributed by atoms with Crippen molar-refractivity contribution in [2.24, 2.45) is 0 Å². The van der Waals surface area contributed by atoms with Gasteiger partial charge < -0.3 is 0 Å². The zero-order valence-corrected chi connectivity index (χ0v) is 6.88. The third-order valence-corrected chi connectivity index (χ3v) is 1.88. The van der Waals surface area contributed by atoms with E-state index in [9.17, 15) is 8.78 Å². The van der Waals surface area contributed by atoms with Crippen molar-refractivity contribution < 1.29 is 8.78 Å². The molecule has 0 aliphatic rings.